The van der Waals surface area contributed by atoms with E-state index in [1.165, 1.54) is 4.90 Å². The summed E-state index contributed by atoms with van der Waals surface area (Å²) in [6, 6.07) is 3.44. The fourth-order valence-electron chi connectivity index (χ4n) is 1.56. The standard InChI is InChI=1S/C12H19N3O3/c1-4-9-5-6-10(18-9)12(16)15(3)7-8(2)11(13)14-17/h5-6,8,17H,4,7H2,1-3H3,(H2,13,14). The lowest BCUT2D eigenvalue weighted by molar-refractivity contribution is 0.0752. The second-order valence-corrected chi connectivity index (χ2v) is 4.23. The quantitative estimate of drug-likeness (QED) is 0.358. The van der Waals surface area contributed by atoms with Crippen molar-refractivity contribution in [2.75, 3.05) is 13.6 Å². The molecule has 1 aromatic rings. The molecule has 0 aliphatic rings. The molecule has 0 saturated carbocycles. The van der Waals surface area contributed by atoms with Crippen LogP contribution in [0, 0.1) is 5.92 Å². The molecule has 0 bridgehead atoms. The Balaban J connectivity index is 2.66. The van der Waals surface area contributed by atoms with Crippen molar-refractivity contribution in [3.63, 3.8) is 0 Å². The molecule has 1 aromatic heterocycles. The first-order chi connectivity index (χ1) is 8.49. The Labute approximate surface area is 106 Å². The van der Waals surface area contributed by atoms with Gasteiger partial charge in [-0.1, -0.05) is 19.0 Å². The maximum atomic E-state index is 12.0. The van der Waals surface area contributed by atoms with E-state index in [0.29, 0.717) is 12.3 Å². The van der Waals surface area contributed by atoms with Crippen LogP contribution in [0.3, 0.4) is 0 Å². The highest BCUT2D eigenvalue weighted by Crippen LogP contribution is 2.11. The first-order valence-corrected chi connectivity index (χ1v) is 5.81. The fraction of sp³-hybridized carbons (Fsp3) is 0.500. The second-order valence-electron chi connectivity index (χ2n) is 4.23. The van der Waals surface area contributed by atoms with Crippen LogP contribution >= 0.6 is 0 Å². The summed E-state index contributed by atoms with van der Waals surface area (Å²) in [7, 11) is 1.65. The zero-order valence-corrected chi connectivity index (χ0v) is 10.9. The van der Waals surface area contributed by atoms with E-state index in [4.69, 9.17) is 15.4 Å². The molecule has 6 heteroatoms. The highest BCUT2D eigenvalue weighted by molar-refractivity contribution is 5.92. The molecule has 0 saturated heterocycles. The number of rotatable bonds is 5. The molecule has 0 aromatic carbocycles. The molecule has 0 aliphatic carbocycles. The van der Waals surface area contributed by atoms with Gasteiger partial charge in [-0.25, -0.2) is 0 Å². The number of carbonyl (C=O) groups is 1. The number of aryl methyl sites for hydroxylation is 1. The monoisotopic (exact) mass is 253 g/mol. The summed E-state index contributed by atoms with van der Waals surface area (Å²) in [6.45, 7) is 4.09. The summed E-state index contributed by atoms with van der Waals surface area (Å²) < 4.78 is 5.38. The molecule has 0 radical (unpaired) electrons. The van der Waals surface area contributed by atoms with Crippen LogP contribution in [0.15, 0.2) is 21.7 Å². The molecule has 0 spiro atoms. The van der Waals surface area contributed by atoms with E-state index in [1.807, 2.05) is 6.92 Å². The average molecular weight is 253 g/mol. The number of nitrogens with zero attached hydrogens (tertiary/aromatic N) is 2. The maximum Gasteiger partial charge on any atom is 0.289 e. The van der Waals surface area contributed by atoms with Gasteiger partial charge in [0.15, 0.2) is 5.76 Å². The van der Waals surface area contributed by atoms with Crippen molar-refractivity contribution in [1.29, 1.82) is 0 Å². The number of amides is 1. The molecular formula is C12H19N3O3. The average Bonchev–Trinajstić information content (AvgIpc) is 2.85. The van der Waals surface area contributed by atoms with Gasteiger partial charge in [0.05, 0.1) is 0 Å². The second kappa shape index (κ2) is 6.09. The predicted octanol–water partition coefficient (Wildman–Crippen LogP) is 1.30. The van der Waals surface area contributed by atoms with Crippen molar-refractivity contribution in [1.82, 2.24) is 4.90 Å². The number of amidine groups is 1. The van der Waals surface area contributed by atoms with Gasteiger partial charge < -0.3 is 20.3 Å². The zero-order chi connectivity index (χ0) is 13.7. The van der Waals surface area contributed by atoms with Crippen molar-refractivity contribution < 1.29 is 14.4 Å². The van der Waals surface area contributed by atoms with Crippen LogP contribution < -0.4 is 5.73 Å². The van der Waals surface area contributed by atoms with Gasteiger partial charge in [0.1, 0.15) is 11.6 Å². The molecule has 1 heterocycles. The topological polar surface area (TPSA) is 92.1 Å². The van der Waals surface area contributed by atoms with E-state index in [2.05, 4.69) is 5.16 Å². The number of hydrogen-bond donors (Lipinski definition) is 2. The predicted molar refractivity (Wildman–Crippen MR) is 67.6 cm³/mol. The summed E-state index contributed by atoms with van der Waals surface area (Å²) in [4.78, 5) is 13.5. The van der Waals surface area contributed by atoms with E-state index < -0.39 is 0 Å². The molecule has 3 N–H and O–H groups in total. The molecule has 18 heavy (non-hydrogen) atoms. The Morgan fingerprint density at radius 3 is 2.78 bits per heavy atom. The molecule has 1 amide bonds. The van der Waals surface area contributed by atoms with Crippen molar-refractivity contribution in [2.24, 2.45) is 16.8 Å². The van der Waals surface area contributed by atoms with Crippen LogP contribution in [0.4, 0.5) is 0 Å². The lowest BCUT2D eigenvalue weighted by Crippen LogP contribution is -2.36. The summed E-state index contributed by atoms with van der Waals surface area (Å²) in [5.41, 5.74) is 5.47. The van der Waals surface area contributed by atoms with Gasteiger partial charge in [-0.3, -0.25) is 4.79 Å². The third-order valence-electron chi connectivity index (χ3n) is 2.74. The summed E-state index contributed by atoms with van der Waals surface area (Å²) >= 11 is 0. The third kappa shape index (κ3) is 3.26. The SMILES string of the molecule is CCc1ccc(C(=O)N(C)CC(C)C(N)=NO)o1. The Morgan fingerprint density at radius 2 is 2.28 bits per heavy atom. The molecule has 1 unspecified atom stereocenters. The minimum atomic E-state index is -0.218. The minimum Gasteiger partial charge on any atom is -0.456 e. The van der Waals surface area contributed by atoms with Crippen molar-refractivity contribution in [3.05, 3.63) is 23.7 Å². The first kappa shape index (κ1) is 14.1. The maximum absolute atomic E-state index is 12.0. The number of furan rings is 1. The van der Waals surface area contributed by atoms with Gasteiger partial charge in [-0.15, -0.1) is 0 Å². The van der Waals surface area contributed by atoms with Crippen molar-refractivity contribution in [2.45, 2.75) is 20.3 Å². The molecule has 1 rings (SSSR count). The molecule has 0 aliphatic heterocycles. The fourth-order valence-corrected chi connectivity index (χ4v) is 1.56. The number of nitrogens with two attached hydrogens (primary N) is 1. The van der Waals surface area contributed by atoms with Crippen molar-refractivity contribution >= 4 is 11.7 Å². The minimum absolute atomic E-state index is 0.100. The highest BCUT2D eigenvalue weighted by atomic mass is 16.4. The zero-order valence-electron chi connectivity index (χ0n) is 10.9. The first-order valence-electron chi connectivity index (χ1n) is 5.81. The van der Waals surface area contributed by atoms with E-state index in [0.717, 1.165) is 12.2 Å². The van der Waals surface area contributed by atoms with Crippen LogP contribution in [0.25, 0.3) is 0 Å². The Bertz CT molecular complexity index is 440. The van der Waals surface area contributed by atoms with Crippen LogP contribution in [0.5, 0.6) is 0 Å². The van der Waals surface area contributed by atoms with Gasteiger partial charge in [-0.05, 0) is 12.1 Å². The molecule has 0 fully saturated rings. The lowest BCUT2D eigenvalue weighted by Gasteiger charge is -2.19. The smallest absolute Gasteiger partial charge is 0.289 e. The van der Waals surface area contributed by atoms with Crippen LogP contribution in [-0.2, 0) is 6.42 Å². The number of oxime groups is 1. The third-order valence-corrected chi connectivity index (χ3v) is 2.74. The van der Waals surface area contributed by atoms with E-state index in [1.54, 1.807) is 26.1 Å². The lowest BCUT2D eigenvalue weighted by atomic mass is 10.1. The normalized spacial score (nSPS) is 13.4. The molecule has 100 valence electrons. The summed E-state index contributed by atoms with van der Waals surface area (Å²) in [5.74, 6) is 0.748. The number of carbonyl (C=O) groups excluding carboxylic acids is 1. The molecule has 1 atom stereocenters. The Kier molecular flexibility index (Phi) is 4.76. The van der Waals surface area contributed by atoms with E-state index in [-0.39, 0.29) is 17.7 Å². The van der Waals surface area contributed by atoms with Gasteiger partial charge >= 0.3 is 0 Å². The van der Waals surface area contributed by atoms with E-state index in [9.17, 15) is 4.79 Å². The number of hydrogen-bond acceptors (Lipinski definition) is 4. The molecular weight excluding hydrogens is 234 g/mol. The molecule has 6 nitrogen and oxygen atoms in total. The Hall–Kier alpha value is -1.98. The van der Waals surface area contributed by atoms with Gasteiger partial charge in [0.25, 0.3) is 5.91 Å². The van der Waals surface area contributed by atoms with Crippen LogP contribution in [-0.4, -0.2) is 35.4 Å². The van der Waals surface area contributed by atoms with Gasteiger partial charge in [-0.2, -0.15) is 0 Å². The largest absolute Gasteiger partial charge is 0.456 e. The highest BCUT2D eigenvalue weighted by Gasteiger charge is 2.19. The van der Waals surface area contributed by atoms with Gasteiger partial charge in [0, 0.05) is 25.9 Å². The summed E-state index contributed by atoms with van der Waals surface area (Å²) in [5, 5.41) is 11.5. The van der Waals surface area contributed by atoms with E-state index >= 15 is 0 Å². The Morgan fingerprint density at radius 1 is 1.61 bits per heavy atom. The van der Waals surface area contributed by atoms with Crippen LogP contribution in [0.1, 0.15) is 30.2 Å². The van der Waals surface area contributed by atoms with Crippen LogP contribution in [0.2, 0.25) is 0 Å². The van der Waals surface area contributed by atoms with Crippen molar-refractivity contribution in [3.8, 4) is 0 Å². The summed E-state index contributed by atoms with van der Waals surface area (Å²) in [6.07, 6.45) is 0.748. The van der Waals surface area contributed by atoms with Gasteiger partial charge in [0.2, 0.25) is 0 Å².